The molecule has 1 heterocycles. The third-order valence-electron chi connectivity index (χ3n) is 4.88. The van der Waals surface area contributed by atoms with Crippen LogP contribution in [0, 0.1) is 13.8 Å². The first kappa shape index (κ1) is 21.2. The highest BCUT2D eigenvalue weighted by atomic mass is 16.5. The Morgan fingerprint density at radius 2 is 1.70 bits per heavy atom. The average molecular weight is 373 g/mol. The van der Waals surface area contributed by atoms with Crippen LogP contribution >= 0.6 is 0 Å². The molecule has 5 heteroatoms. The van der Waals surface area contributed by atoms with Crippen LogP contribution in [0.2, 0.25) is 0 Å². The lowest BCUT2D eigenvalue weighted by Gasteiger charge is -2.28. The summed E-state index contributed by atoms with van der Waals surface area (Å²) in [4.78, 5) is 18.1. The van der Waals surface area contributed by atoms with Crippen LogP contribution in [0.1, 0.15) is 34.9 Å². The van der Waals surface area contributed by atoms with Gasteiger partial charge >= 0.3 is 0 Å². The second-order valence-electron chi connectivity index (χ2n) is 6.88. The Labute approximate surface area is 162 Å². The van der Waals surface area contributed by atoms with E-state index in [4.69, 9.17) is 9.47 Å². The minimum absolute atomic E-state index is 0.0421. The molecule has 5 nitrogen and oxygen atoms in total. The number of nitrogens with zero attached hydrogens (tertiary/aromatic N) is 1. The fourth-order valence-electron chi connectivity index (χ4n) is 3.58. The number of H-pyrrole nitrogens is 1. The molecule has 0 aliphatic carbocycles. The van der Waals surface area contributed by atoms with Crippen LogP contribution in [0.25, 0.3) is 0 Å². The molecule has 0 amide bonds. The number of hydrogen-bond acceptors (Lipinski definition) is 4. The lowest BCUT2D eigenvalue weighted by Crippen LogP contribution is -2.36. The van der Waals surface area contributed by atoms with Crippen molar-refractivity contribution in [2.24, 2.45) is 0 Å². The number of benzene rings is 1. The van der Waals surface area contributed by atoms with Crippen LogP contribution in [0.4, 0.5) is 5.69 Å². The number of rotatable bonds is 10. The second kappa shape index (κ2) is 10.3. The monoisotopic (exact) mass is 372 g/mol. The summed E-state index contributed by atoms with van der Waals surface area (Å²) in [6, 6.07) is 8.48. The van der Waals surface area contributed by atoms with E-state index < -0.39 is 0 Å². The number of nitrogens with one attached hydrogen (secondary N) is 1. The van der Waals surface area contributed by atoms with E-state index in [-0.39, 0.29) is 5.56 Å². The molecule has 0 unspecified atom stereocenters. The van der Waals surface area contributed by atoms with Gasteiger partial charge in [0.1, 0.15) is 5.69 Å². The van der Waals surface area contributed by atoms with E-state index in [9.17, 15) is 4.79 Å². The first-order valence-electron chi connectivity index (χ1n) is 9.54. The summed E-state index contributed by atoms with van der Waals surface area (Å²) < 4.78 is 10.5. The largest absolute Gasteiger partial charge is 0.383 e. The lowest BCUT2D eigenvalue weighted by molar-refractivity contribution is 0.190. The van der Waals surface area contributed by atoms with Crippen molar-refractivity contribution >= 4 is 5.69 Å². The smallest absolute Gasteiger partial charge is 0.272 e. The molecule has 2 aromatic rings. The van der Waals surface area contributed by atoms with Gasteiger partial charge < -0.3 is 19.4 Å². The molecule has 0 saturated carbocycles. The Balaban J connectivity index is 2.57. The van der Waals surface area contributed by atoms with Crippen molar-refractivity contribution in [2.75, 3.05) is 45.4 Å². The number of pyridine rings is 1. The number of aromatic amines is 1. The molecule has 0 spiro atoms. The van der Waals surface area contributed by atoms with Crippen LogP contribution in [0.3, 0.4) is 0 Å². The molecule has 1 aromatic carbocycles. The number of ether oxygens (including phenoxy) is 2. The summed E-state index contributed by atoms with van der Waals surface area (Å²) >= 11 is 0. The second-order valence-corrected chi connectivity index (χ2v) is 6.88. The van der Waals surface area contributed by atoms with Gasteiger partial charge in [0.05, 0.1) is 13.2 Å². The number of aryl methyl sites for hydroxylation is 2. The molecule has 2 rings (SSSR count). The Kier molecular flexibility index (Phi) is 8.07. The molecular weight excluding hydrogens is 340 g/mol. The van der Waals surface area contributed by atoms with Gasteiger partial charge in [0, 0.05) is 39.4 Å². The molecule has 0 aliphatic heterocycles. The van der Waals surface area contributed by atoms with Gasteiger partial charge in [-0.3, -0.25) is 4.79 Å². The van der Waals surface area contributed by atoms with Crippen molar-refractivity contribution in [3.63, 3.8) is 0 Å². The van der Waals surface area contributed by atoms with Gasteiger partial charge in [0.2, 0.25) is 0 Å². The van der Waals surface area contributed by atoms with Gasteiger partial charge in [-0.15, -0.1) is 0 Å². The molecular formula is C22H32N2O3. The van der Waals surface area contributed by atoms with Crippen molar-refractivity contribution in [3.05, 3.63) is 62.6 Å². The molecule has 1 aromatic heterocycles. The Morgan fingerprint density at radius 1 is 1.04 bits per heavy atom. The minimum Gasteiger partial charge on any atom is -0.383 e. The molecule has 0 bridgehead atoms. The summed E-state index contributed by atoms with van der Waals surface area (Å²) in [6.07, 6.45) is 1.61. The highest BCUT2D eigenvalue weighted by Crippen LogP contribution is 2.26. The standard InChI is InChI=1S/C22H32N2O3/c1-6-19-17(3)23-22(25)21(24(10-12-26-4)11-13-27-5)20(19)15-18-9-7-8-16(2)14-18/h7-9,14H,6,10-13,15H2,1-5H3,(H,23,25). The number of methoxy groups -OCH3 is 2. The Hall–Kier alpha value is -2.11. The first-order chi connectivity index (χ1) is 13.0. The minimum atomic E-state index is -0.0421. The van der Waals surface area contributed by atoms with Gasteiger partial charge in [0.15, 0.2) is 0 Å². The molecule has 27 heavy (non-hydrogen) atoms. The van der Waals surface area contributed by atoms with Crippen molar-refractivity contribution in [3.8, 4) is 0 Å². The molecule has 0 atom stereocenters. The van der Waals surface area contributed by atoms with Crippen LogP contribution in [0.15, 0.2) is 29.1 Å². The van der Waals surface area contributed by atoms with Crippen molar-refractivity contribution in [2.45, 2.75) is 33.6 Å². The molecule has 0 radical (unpaired) electrons. The predicted molar refractivity (Wildman–Crippen MR) is 111 cm³/mol. The van der Waals surface area contributed by atoms with Crippen molar-refractivity contribution in [1.29, 1.82) is 0 Å². The molecule has 0 fully saturated rings. The highest BCUT2D eigenvalue weighted by Gasteiger charge is 2.20. The van der Waals surface area contributed by atoms with E-state index in [1.165, 1.54) is 16.7 Å². The molecule has 148 valence electrons. The molecule has 0 saturated heterocycles. The van der Waals surface area contributed by atoms with E-state index in [0.717, 1.165) is 29.8 Å². The van der Waals surface area contributed by atoms with Gasteiger partial charge in [-0.1, -0.05) is 36.8 Å². The number of hydrogen-bond donors (Lipinski definition) is 1. The fourth-order valence-corrected chi connectivity index (χ4v) is 3.58. The summed E-state index contributed by atoms with van der Waals surface area (Å²) in [6.45, 7) is 8.63. The van der Waals surface area contributed by atoms with Crippen LogP contribution < -0.4 is 10.5 Å². The van der Waals surface area contributed by atoms with Crippen molar-refractivity contribution < 1.29 is 9.47 Å². The average Bonchev–Trinajstić information content (AvgIpc) is 2.63. The summed E-state index contributed by atoms with van der Waals surface area (Å²) in [5.74, 6) is 0. The highest BCUT2D eigenvalue weighted by molar-refractivity contribution is 5.58. The van der Waals surface area contributed by atoms with Gasteiger partial charge in [-0.25, -0.2) is 0 Å². The van der Waals surface area contributed by atoms with Gasteiger partial charge in [-0.2, -0.15) is 0 Å². The lowest BCUT2D eigenvalue weighted by atomic mass is 9.95. The maximum Gasteiger partial charge on any atom is 0.272 e. The quantitative estimate of drug-likeness (QED) is 0.696. The first-order valence-corrected chi connectivity index (χ1v) is 9.54. The topological polar surface area (TPSA) is 54.6 Å². The van der Waals surface area contributed by atoms with Crippen molar-refractivity contribution in [1.82, 2.24) is 4.98 Å². The van der Waals surface area contributed by atoms with Crippen LogP contribution in [-0.2, 0) is 22.3 Å². The Bertz CT molecular complexity index is 791. The fraction of sp³-hybridized carbons (Fsp3) is 0.500. The van der Waals surface area contributed by atoms with E-state index in [1.54, 1.807) is 14.2 Å². The number of aromatic nitrogens is 1. The third-order valence-corrected chi connectivity index (χ3v) is 4.88. The third kappa shape index (κ3) is 5.44. The van der Waals surface area contributed by atoms with E-state index in [2.05, 4.69) is 48.0 Å². The zero-order valence-corrected chi connectivity index (χ0v) is 17.2. The maximum absolute atomic E-state index is 13.0. The molecule has 1 N–H and O–H groups in total. The van der Waals surface area contributed by atoms with Crippen LogP contribution in [-0.4, -0.2) is 45.5 Å². The van der Waals surface area contributed by atoms with E-state index >= 15 is 0 Å². The SMILES string of the molecule is CCc1c(C)[nH]c(=O)c(N(CCOC)CCOC)c1Cc1cccc(C)c1. The Morgan fingerprint density at radius 3 is 2.26 bits per heavy atom. The van der Waals surface area contributed by atoms with Crippen LogP contribution in [0.5, 0.6) is 0 Å². The summed E-state index contributed by atoms with van der Waals surface area (Å²) in [5.41, 5.74) is 6.42. The number of anilines is 1. The zero-order chi connectivity index (χ0) is 19.8. The normalized spacial score (nSPS) is 11.0. The summed E-state index contributed by atoms with van der Waals surface area (Å²) in [7, 11) is 3.36. The maximum atomic E-state index is 13.0. The predicted octanol–water partition coefficient (Wildman–Crippen LogP) is 3.24. The van der Waals surface area contributed by atoms with Gasteiger partial charge in [0.25, 0.3) is 5.56 Å². The van der Waals surface area contributed by atoms with E-state index in [0.29, 0.717) is 26.3 Å². The zero-order valence-electron chi connectivity index (χ0n) is 17.2. The van der Waals surface area contributed by atoms with Gasteiger partial charge in [-0.05, 0) is 37.0 Å². The molecule has 0 aliphatic rings. The summed E-state index contributed by atoms with van der Waals surface area (Å²) in [5, 5.41) is 0. The van der Waals surface area contributed by atoms with E-state index in [1.807, 2.05) is 6.92 Å².